The van der Waals surface area contributed by atoms with Crippen LogP contribution in [0, 0.1) is 5.92 Å². The van der Waals surface area contributed by atoms with E-state index in [1.54, 1.807) is 0 Å². The number of rotatable bonds is 23. The molecule has 0 aromatic rings. The third kappa shape index (κ3) is 27.9. The van der Waals surface area contributed by atoms with Crippen molar-refractivity contribution in [1.29, 1.82) is 0 Å². The van der Waals surface area contributed by atoms with Crippen molar-refractivity contribution in [1.82, 2.24) is 0 Å². The van der Waals surface area contributed by atoms with Crippen LogP contribution in [0.15, 0.2) is 0 Å². The van der Waals surface area contributed by atoms with Crippen LogP contribution in [0.5, 0.6) is 0 Å². The number of carbonyl (C=O) groups is 4. The zero-order chi connectivity index (χ0) is 26.9. The van der Waals surface area contributed by atoms with Gasteiger partial charge >= 0.3 is 23.9 Å². The minimum Gasteiger partial charge on any atom is -0.481 e. The van der Waals surface area contributed by atoms with E-state index in [4.69, 9.17) is 29.5 Å². The van der Waals surface area contributed by atoms with Crippen molar-refractivity contribution in [2.45, 2.75) is 97.2 Å². The number of aliphatic carboxylic acids is 4. The molecule has 0 amide bonds. The molecule has 11 nitrogen and oxygen atoms in total. The van der Waals surface area contributed by atoms with Gasteiger partial charge in [-0.1, -0.05) is 26.7 Å². The van der Waals surface area contributed by atoms with Crippen LogP contribution in [0.2, 0.25) is 0 Å². The van der Waals surface area contributed by atoms with E-state index in [0.717, 1.165) is 25.7 Å². The van der Waals surface area contributed by atoms with Crippen LogP contribution in [0.4, 0.5) is 0 Å². The lowest BCUT2D eigenvalue weighted by Gasteiger charge is -2.19. The summed E-state index contributed by atoms with van der Waals surface area (Å²) in [4.78, 5) is 41.5. The van der Waals surface area contributed by atoms with E-state index in [1.807, 2.05) is 0 Å². The lowest BCUT2D eigenvalue weighted by atomic mass is 9.99. The third-order valence-electron chi connectivity index (χ3n) is 4.79. The Morgan fingerprint density at radius 1 is 0.629 bits per heavy atom. The van der Waals surface area contributed by atoms with E-state index in [2.05, 4.69) is 13.8 Å². The second-order valence-corrected chi connectivity index (χ2v) is 8.06. The molecule has 1 unspecified atom stereocenters. The van der Waals surface area contributed by atoms with Crippen molar-refractivity contribution in [3.05, 3.63) is 0 Å². The molecule has 0 saturated heterocycles. The topological polar surface area (TPSA) is 177 Å². The Morgan fingerprint density at radius 3 is 1.49 bits per heavy atom. The smallest absolute Gasteiger partial charge is 0.306 e. The Kier molecular flexibility index (Phi) is 24.8. The number of carboxylic acid groups (broad SMARTS) is 4. The molecule has 11 heteroatoms. The Bertz CT molecular complexity index is 540. The van der Waals surface area contributed by atoms with Gasteiger partial charge in [-0.15, -0.1) is 0 Å². The molecular formula is C24H44O11. The highest BCUT2D eigenvalue weighted by molar-refractivity contribution is 5.70. The summed E-state index contributed by atoms with van der Waals surface area (Å²) in [5.41, 5.74) is 0. The van der Waals surface area contributed by atoms with Crippen LogP contribution in [0.25, 0.3) is 0 Å². The maximum absolute atomic E-state index is 11.2. The molecule has 0 aliphatic heterocycles. The Morgan fingerprint density at radius 2 is 1.09 bits per heavy atom. The van der Waals surface area contributed by atoms with Gasteiger partial charge in [0, 0.05) is 39.1 Å². The lowest BCUT2D eigenvalue weighted by Crippen LogP contribution is -2.26. The highest BCUT2D eigenvalue weighted by atomic mass is 16.7. The molecule has 0 saturated carbocycles. The zero-order valence-electron chi connectivity index (χ0n) is 21.1. The fourth-order valence-corrected chi connectivity index (χ4v) is 2.71. The number of ether oxygens (including phenoxy) is 3. The van der Waals surface area contributed by atoms with Gasteiger partial charge in [0.05, 0.1) is 12.5 Å². The summed E-state index contributed by atoms with van der Waals surface area (Å²) in [5.74, 6) is -4.14. The first kappa shape index (κ1) is 34.9. The largest absolute Gasteiger partial charge is 0.481 e. The normalized spacial score (nSPS) is 11.5. The molecule has 0 aromatic carbocycles. The van der Waals surface area contributed by atoms with E-state index in [9.17, 15) is 24.3 Å². The first-order valence-corrected chi connectivity index (χ1v) is 12.3. The number of hydrogen-bond donors (Lipinski definition) is 4. The molecular weight excluding hydrogens is 464 g/mol. The summed E-state index contributed by atoms with van der Waals surface area (Å²) in [7, 11) is 0. The van der Waals surface area contributed by atoms with Gasteiger partial charge in [0.15, 0.2) is 6.29 Å². The maximum atomic E-state index is 11.2. The van der Waals surface area contributed by atoms with Crippen molar-refractivity contribution in [2.75, 3.05) is 26.4 Å². The maximum Gasteiger partial charge on any atom is 0.306 e. The molecule has 0 spiro atoms. The van der Waals surface area contributed by atoms with Gasteiger partial charge in [-0.25, -0.2) is 0 Å². The molecule has 0 aliphatic rings. The molecule has 35 heavy (non-hydrogen) atoms. The van der Waals surface area contributed by atoms with Crippen molar-refractivity contribution >= 4 is 23.9 Å². The summed E-state index contributed by atoms with van der Waals surface area (Å²) in [6.45, 7) is 5.96. The zero-order valence-corrected chi connectivity index (χ0v) is 21.1. The second kappa shape index (κ2) is 24.9. The van der Waals surface area contributed by atoms with E-state index < -0.39 is 36.1 Å². The highest BCUT2D eigenvalue weighted by Gasteiger charge is 2.18. The quantitative estimate of drug-likeness (QED) is 0.116. The van der Waals surface area contributed by atoms with Crippen LogP contribution in [0.1, 0.15) is 90.9 Å². The number of hydrogen-bond acceptors (Lipinski definition) is 7. The van der Waals surface area contributed by atoms with E-state index in [0.29, 0.717) is 45.3 Å². The van der Waals surface area contributed by atoms with Gasteiger partial charge in [-0.3, -0.25) is 19.2 Å². The van der Waals surface area contributed by atoms with Crippen molar-refractivity contribution in [2.24, 2.45) is 5.92 Å². The molecule has 0 heterocycles. The van der Waals surface area contributed by atoms with Gasteiger partial charge in [0.2, 0.25) is 0 Å². The molecule has 0 fully saturated rings. The van der Waals surface area contributed by atoms with E-state index >= 15 is 0 Å². The van der Waals surface area contributed by atoms with Crippen LogP contribution in [-0.4, -0.2) is 77.0 Å². The van der Waals surface area contributed by atoms with E-state index in [1.165, 1.54) is 0 Å². The average molecular weight is 509 g/mol. The predicted octanol–water partition coefficient (Wildman–Crippen LogP) is 4.02. The summed E-state index contributed by atoms with van der Waals surface area (Å²) < 4.78 is 16.8. The first-order chi connectivity index (χ1) is 16.6. The van der Waals surface area contributed by atoms with Gasteiger partial charge in [-0.05, 0) is 44.9 Å². The van der Waals surface area contributed by atoms with Crippen LogP contribution >= 0.6 is 0 Å². The van der Waals surface area contributed by atoms with Gasteiger partial charge < -0.3 is 34.6 Å². The Hall–Kier alpha value is -2.24. The molecule has 0 aliphatic carbocycles. The van der Waals surface area contributed by atoms with Crippen LogP contribution in [0.3, 0.4) is 0 Å². The third-order valence-corrected chi connectivity index (χ3v) is 4.79. The number of carboxylic acids is 4. The van der Waals surface area contributed by atoms with Crippen LogP contribution in [-0.2, 0) is 33.4 Å². The summed E-state index contributed by atoms with van der Waals surface area (Å²) in [6, 6.07) is 0. The van der Waals surface area contributed by atoms with E-state index in [-0.39, 0.29) is 32.5 Å². The fraction of sp³-hybridized carbons (Fsp3) is 0.833. The molecule has 0 aromatic heterocycles. The molecule has 1 atom stereocenters. The molecule has 4 N–H and O–H groups in total. The van der Waals surface area contributed by atoms with Crippen molar-refractivity contribution < 1.29 is 53.8 Å². The minimum atomic E-state index is -0.913. The van der Waals surface area contributed by atoms with Crippen LogP contribution < -0.4 is 0 Å². The predicted molar refractivity (Wildman–Crippen MR) is 127 cm³/mol. The SMILES string of the molecule is CCCCOC(COCCC(CCCC(=O)O)C(=O)O)OCCCC.O=C(O)CCCCC(=O)O. The molecule has 0 radical (unpaired) electrons. The summed E-state index contributed by atoms with van der Waals surface area (Å²) in [5, 5.41) is 34.1. The van der Waals surface area contributed by atoms with Gasteiger partial charge in [0.25, 0.3) is 0 Å². The molecule has 206 valence electrons. The Balaban J connectivity index is 0. The minimum absolute atomic E-state index is 0.0107. The lowest BCUT2D eigenvalue weighted by molar-refractivity contribution is -0.174. The van der Waals surface area contributed by atoms with Gasteiger partial charge in [-0.2, -0.15) is 0 Å². The van der Waals surface area contributed by atoms with Crippen molar-refractivity contribution in [3.63, 3.8) is 0 Å². The highest BCUT2D eigenvalue weighted by Crippen LogP contribution is 2.14. The average Bonchev–Trinajstić information content (AvgIpc) is 2.78. The molecule has 0 rings (SSSR count). The second-order valence-electron chi connectivity index (χ2n) is 8.06. The summed E-state index contributed by atoms with van der Waals surface area (Å²) >= 11 is 0. The van der Waals surface area contributed by atoms with Gasteiger partial charge in [0.1, 0.15) is 0 Å². The Labute approximate surface area is 207 Å². The molecule has 0 bridgehead atoms. The first-order valence-electron chi connectivity index (χ1n) is 12.3. The number of unbranched alkanes of at least 4 members (excludes halogenated alkanes) is 3. The monoisotopic (exact) mass is 508 g/mol. The van der Waals surface area contributed by atoms with Crippen molar-refractivity contribution in [3.8, 4) is 0 Å². The standard InChI is InChI=1S/C18H34O7.C6H10O4/c1-3-5-11-24-17(25-12-6-4-2)14-23-13-10-15(18(21)22)8-7-9-16(19)20;7-5(8)3-1-2-4-6(9)10/h15,17H,3-14H2,1-2H3,(H,19,20)(H,21,22);1-4H2,(H,7,8)(H,9,10). The fourth-order valence-electron chi connectivity index (χ4n) is 2.71. The summed E-state index contributed by atoms with van der Waals surface area (Å²) in [6.07, 6.45) is 5.63.